The Morgan fingerprint density at radius 2 is 2.00 bits per heavy atom. The summed E-state index contributed by atoms with van der Waals surface area (Å²) in [5, 5.41) is 1.05. The Bertz CT molecular complexity index is 574. The number of hydrogen-bond acceptors (Lipinski definition) is 2. The van der Waals surface area contributed by atoms with E-state index in [4.69, 9.17) is 10.7 Å². The summed E-state index contributed by atoms with van der Waals surface area (Å²) in [4.78, 5) is 3.09. The molecule has 0 aliphatic rings. The summed E-state index contributed by atoms with van der Waals surface area (Å²) in [6.45, 7) is 0. The lowest BCUT2D eigenvalue weighted by Crippen LogP contribution is -2.00. The first-order chi connectivity index (χ1) is 7.06. The molecule has 0 amide bonds. The average molecular weight is 244 g/mol. The van der Waals surface area contributed by atoms with Crippen molar-refractivity contribution >= 4 is 30.6 Å². The summed E-state index contributed by atoms with van der Waals surface area (Å²) in [7, 11) is 1.75. The normalized spacial score (nSPS) is 12.1. The number of aromatic amines is 1. The molecule has 2 rings (SSSR count). The quantitative estimate of drug-likeness (QED) is 0.841. The summed E-state index contributed by atoms with van der Waals surface area (Å²) in [6, 6.07) is 7.77. The standard InChI is InChI=1S/C10H10ClNO2S/c11-15(13,14)6-5-8-7-12-10-4-2-1-3-9(8)10/h1-4,7,12H,5-6H2. The first-order valence-electron chi connectivity index (χ1n) is 4.53. The van der Waals surface area contributed by atoms with Gasteiger partial charge >= 0.3 is 0 Å². The van der Waals surface area contributed by atoms with Crippen LogP contribution in [0.15, 0.2) is 30.5 Å². The van der Waals surface area contributed by atoms with Crippen molar-refractivity contribution in [3.63, 3.8) is 0 Å². The Labute approximate surface area is 92.5 Å². The van der Waals surface area contributed by atoms with Crippen molar-refractivity contribution in [3.05, 3.63) is 36.0 Å². The van der Waals surface area contributed by atoms with E-state index in [0.29, 0.717) is 6.42 Å². The van der Waals surface area contributed by atoms with E-state index >= 15 is 0 Å². The number of aromatic nitrogens is 1. The zero-order valence-electron chi connectivity index (χ0n) is 7.90. The molecule has 5 heteroatoms. The summed E-state index contributed by atoms with van der Waals surface area (Å²) in [6.07, 6.45) is 2.27. The van der Waals surface area contributed by atoms with Gasteiger partial charge in [0.05, 0.1) is 5.75 Å². The number of rotatable bonds is 3. The Balaban J connectivity index is 2.29. The molecular weight excluding hydrogens is 234 g/mol. The van der Waals surface area contributed by atoms with Crippen LogP contribution in [0.2, 0.25) is 0 Å². The Hall–Kier alpha value is -1.00. The number of hydrogen-bond donors (Lipinski definition) is 1. The van der Waals surface area contributed by atoms with E-state index in [1.54, 1.807) is 0 Å². The molecule has 0 unspecified atom stereocenters. The fourth-order valence-electron chi connectivity index (χ4n) is 1.57. The number of aryl methyl sites for hydroxylation is 1. The van der Waals surface area contributed by atoms with Gasteiger partial charge in [-0.2, -0.15) is 0 Å². The van der Waals surface area contributed by atoms with Gasteiger partial charge in [0.1, 0.15) is 0 Å². The molecular formula is C10H10ClNO2S. The summed E-state index contributed by atoms with van der Waals surface area (Å²) in [5.41, 5.74) is 1.99. The molecule has 80 valence electrons. The average Bonchev–Trinajstić information content (AvgIpc) is 2.57. The largest absolute Gasteiger partial charge is 0.361 e. The van der Waals surface area contributed by atoms with Crippen LogP contribution in [0.5, 0.6) is 0 Å². The first kappa shape index (κ1) is 10.5. The predicted molar refractivity (Wildman–Crippen MR) is 61.6 cm³/mol. The van der Waals surface area contributed by atoms with Crippen molar-refractivity contribution in [2.75, 3.05) is 5.75 Å². The van der Waals surface area contributed by atoms with Crippen molar-refractivity contribution in [1.29, 1.82) is 0 Å². The molecule has 0 spiro atoms. The number of fused-ring (bicyclic) bond motifs is 1. The first-order valence-corrected chi connectivity index (χ1v) is 7.01. The Morgan fingerprint density at radius 3 is 2.73 bits per heavy atom. The van der Waals surface area contributed by atoms with Gasteiger partial charge in [0.25, 0.3) is 0 Å². The molecule has 1 N–H and O–H groups in total. The van der Waals surface area contributed by atoms with Gasteiger partial charge in [-0.25, -0.2) is 8.42 Å². The van der Waals surface area contributed by atoms with Crippen molar-refractivity contribution in [1.82, 2.24) is 4.98 Å². The van der Waals surface area contributed by atoms with Crippen LogP contribution >= 0.6 is 10.7 Å². The molecule has 15 heavy (non-hydrogen) atoms. The highest BCUT2D eigenvalue weighted by Gasteiger charge is 2.08. The van der Waals surface area contributed by atoms with Gasteiger partial charge in [-0.1, -0.05) is 18.2 Å². The van der Waals surface area contributed by atoms with Gasteiger partial charge in [-0.05, 0) is 18.1 Å². The third kappa shape index (κ3) is 2.52. The minimum atomic E-state index is -3.41. The smallest absolute Gasteiger partial charge is 0.232 e. The molecule has 0 aliphatic heterocycles. The SMILES string of the molecule is O=S(=O)(Cl)CCc1c[nH]c2ccccc12. The second-order valence-corrected chi connectivity index (χ2v) is 6.25. The maximum absolute atomic E-state index is 10.8. The number of nitrogens with one attached hydrogen (secondary N) is 1. The van der Waals surface area contributed by atoms with Gasteiger partial charge in [-0.15, -0.1) is 0 Å². The molecule has 2 aromatic rings. The molecule has 1 aromatic carbocycles. The second-order valence-electron chi connectivity index (χ2n) is 3.35. The highest BCUT2D eigenvalue weighted by molar-refractivity contribution is 8.13. The van der Waals surface area contributed by atoms with Crippen molar-refractivity contribution in [2.24, 2.45) is 0 Å². The zero-order valence-corrected chi connectivity index (χ0v) is 9.48. The van der Waals surface area contributed by atoms with Crippen molar-refractivity contribution in [2.45, 2.75) is 6.42 Å². The molecule has 1 heterocycles. The third-order valence-corrected chi connectivity index (χ3v) is 3.44. The topological polar surface area (TPSA) is 49.9 Å². The molecule has 0 atom stereocenters. The minimum absolute atomic E-state index is 0.0313. The highest BCUT2D eigenvalue weighted by Crippen LogP contribution is 2.18. The molecule has 0 fully saturated rings. The molecule has 0 radical (unpaired) electrons. The fourth-order valence-corrected chi connectivity index (χ4v) is 2.27. The predicted octanol–water partition coefficient (Wildman–Crippen LogP) is 2.28. The van der Waals surface area contributed by atoms with Crippen LogP contribution in [-0.2, 0) is 15.5 Å². The lowest BCUT2D eigenvalue weighted by atomic mass is 10.1. The van der Waals surface area contributed by atoms with Gasteiger partial charge in [0.15, 0.2) is 0 Å². The molecule has 0 saturated heterocycles. The van der Waals surface area contributed by atoms with E-state index in [2.05, 4.69) is 4.98 Å². The van der Waals surface area contributed by atoms with E-state index in [0.717, 1.165) is 16.5 Å². The zero-order chi connectivity index (χ0) is 10.9. The van der Waals surface area contributed by atoms with Crippen LogP contribution in [-0.4, -0.2) is 19.2 Å². The van der Waals surface area contributed by atoms with Crippen LogP contribution in [0.4, 0.5) is 0 Å². The molecule has 1 aromatic heterocycles. The molecule has 0 aliphatic carbocycles. The number of benzene rings is 1. The van der Waals surface area contributed by atoms with E-state index in [9.17, 15) is 8.42 Å². The highest BCUT2D eigenvalue weighted by atomic mass is 35.7. The van der Waals surface area contributed by atoms with Crippen molar-refractivity contribution in [3.8, 4) is 0 Å². The monoisotopic (exact) mass is 243 g/mol. The van der Waals surface area contributed by atoms with E-state index in [1.165, 1.54) is 0 Å². The Morgan fingerprint density at radius 1 is 1.27 bits per heavy atom. The van der Waals surface area contributed by atoms with Gasteiger partial charge in [-0.3, -0.25) is 0 Å². The third-order valence-electron chi connectivity index (χ3n) is 2.29. The van der Waals surface area contributed by atoms with Gasteiger partial charge in [0, 0.05) is 27.8 Å². The molecule has 0 saturated carbocycles. The number of H-pyrrole nitrogens is 1. The van der Waals surface area contributed by atoms with Gasteiger partial charge < -0.3 is 4.98 Å². The molecule has 0 bridgehead atoms. The lowest BCUT2D eigenvalue weighted by molar-refractivity contribution is 0.609. The lowest BCUT2D eigenvalue weighted by Gasteiger charge is -1.96. The van der Waals surface area contributed by atoms with E-state index < -0.39 is 9.05 Å². The maximum atomic E-state index is 10.8. The van der Waals surface area contributed by atoms with Crippen LogP contribution in [0.3, 0.4) is 0 Å². The van der Waals surface area contributed by atoms with Crippen LogP contribution in [0.25, 0.3) is 10.9 Å². The minimum Gasteiger partial charge on any atom is -0.361 e. The maximum Gasteiger partial charge on any atom is 0.232 e. The van der Waals surface area contributed by atoms with Gasteiger partial charge in [0.2, 0.25) is 9.05 Å². The van der Waals surface area contributed by atoms with Crippen LogP contribution < -0.4 is 0 Å². The van der Waals surface area contributed by atoms with Crippen molar-refractivity contribution < 1.29 is 8.42 Å². The van der Waals surface area contributed by atoms with E-state index in [1.807, 2.05) is 30.5 Å². The van der Waals surface area contributed by atoms with E-state index in [-0.39, 0.29) is 5.75 Å². The fraction of sp³-hybridized carbons (Fsp3) is 0.200. The second kappa shape index (κ2) is 3.87. The number of halogens is 1. The molecule has 3 nitrogen and oxygen atoms in total. The summed E-state index contributed by atoms with van der Waals surface area (Å²) in [5.74, 6) is -0.0313. The Kier molecular flexibility index (Phi) is 2.71. The number of para-hydroxylation sites is 1. The summed E-state index contributed by atoms with van der Waals surface area (Å²) >= 11 is 0. The van der Waals surface area contributed by atoms with Crippen LogP contribution in [0, 0.1) is 0 Å². The van der Waals surface area contributed by atoms with Crippen LogP contribution in [0.1, 0.15) is 5.56 Å². The summed E-state index contributed by atoms with van der Waals surface area (Å²) < 4.78 is 21.6.